The first-order valence-electron chi connectivity index (χ1n) is 10.8. The Kier molecular flexibility index (Phi) is 4.00. The van der Waals surface area contributed by atoms with E-state index in [-0.39, 0.29) is 37.5 Å². The molecule has 1 saturated heterocycles. The minimum Gasteiger partial charge on any atom is -0.338 e. The second kappa shape index (κ2) is 6.60. The summed E-state index contributed by atoms with van der Waals surface area (Å²) in [5.74, 6) is -1.28. The van der Waals surface area contributed by atoms with Crippen LogP contribution in [0.2, 0.25) is 0 Å². The van der Waals surface area contributed by atoms with Gasteiger partial charge < -0.3 is 9.80 Å². The van der Waals surface area contributed by atoms with E-state index in [0.717, 1.165) is 30.0 Å². The van der Waals surface area contributed by atoms with Crippen molar-refractivity contribution in [2.45, 2.75) is 31.1 Å². The van der Waals surface area contributed by atoms with E-state index in [1.54, 1.807) is 19.4 Å². The number of carbonyl (C=O) groups is 1. The molecular formula is C22H22F2N6O2. The lowest BCUT2D eigenvalue weighted by Gasteiger charge is -2.33. The van der Waals surface area contributed by atoms with E-state index in [1.165, 1.54) is 14.0 Å². The third-order valence-electron chi connectivity index (χ3n) is 6.88. The highest BCUT2D eigenvalue weighted by molar-refractivity contribution is 5.94. The van der Waals surface area contributed by atoms with Crippen LogP contribution >= 0.6 is 0 Å². The van der Waals surface area contributed by atoms with E-state index in [1.807, 2.05) is 18.2 Å². The topological polar surface area (TPSA) is 75.7 Å². The number of pyridine rings is 2. The highest BCUT2D eigenvalue weighted by Gasteiger charge is 2.46. The first-order valence-corrected chi connectivity index (χ1v) is 10.8. The summed E-state index contributed by atoms with van der Waals surface area (Å²) in [6, 6.07) is 5.62. The maximum Gasteiger partial charge on any atom is 0.350 e. The molecule has 2 atom stereocenters. The van der Waals surface area contributed by atoms with Gasteiger partial charge in [-0.05, 0) is 36.0 Å². The molecule has 8 nitrogen and oxygen atoms in total. The van der Waals surface area contributed by atoms with Crippen molar-refractivity contribution in [3.8, 4) is 0 Å². The van der Waals surface area contributed by atoms with Crippen LogP contribution in [0.3, 0.4) is 0 Å². The molecule has 0 aromatic carbocycles. The number of alkyl halides is 2. The van der Waals surface area contributed by atoms with Crippen LogP contribution in [0.4, 0.5) is 20.3 Å². The number of likely N-dealkylation sites (tertiary alicyclic amines) is 1. The van der Waals surface area contributed by atoms with Gasteiger partial charge >= 0.3 is 5.69 Å². The minimum atomic E-state index is -2.69. The standard InChI is InChI=1S/C22H22F2N6O2/c1-27-21(32)29-5-2-15(10-18(29)26-27)30-12-14-9-16(14)17-8-13(11-25-19(17)30)20(31)28-6-3-22(23,24)4-7-28/h2,5,8,10-11,14,16H,3-4,6-7,9,12H2,1H3/t14-,16-/m1/s1. The van der Waals surface area contributed by atoms with Crippen LogP contribution in [0.5, 0.6) is 0 Å². The maximum atomic E-state index is 13.5. The zero-order valence-corrected chi connectivity index (χ0v) is 17.5. The van der Waals surface area contributed by atoms with E-state index in [9.17, 15) is 18.4 Å². The van der Waals surface area contributed by atoms with Crippen LogP contribution in [-0.4, -0.2) is 55.5 Å². The lowest BCUT2D eigenvalue weighted by Crippen LogP contribution is -2.42. The minimum absolute atomic E-state index is 0.0601. The first-order chi connectivity index (χ1) is 15.3. The number of anilines is 2. The Morgan fingerprint density at radius 2 is 2.00 bits per heavy atom. The van der Waals surface area contributed by atoms with E-state index < -0.39 is 5.92 Å². The Morgan fingerprint density at radius 3 is 2.78 bits per heavy atom. The Labute approximate surface area is 182 Å². The molecule has 0 unspecified atom stereocenters. The molecule has 1 saturated carbocycles. The molecule has 0 N–H and O–H groups in total. The highest BCUT2D eigenvalue weighted by Crippen LogP contribution is 2.55. The summed E-state index contributed by atoms with van der Waals surface area (Å²) in [5, 5.41) is 4.27. The van der Waals surface area contributed by atoms with Gasteiger partial charge in [-0.25, -0.2) is 23.2 Å². The fourth-order valence-electron chi connectivity index (χ4n) is 4.92. The monoisotopic (exact) mass is 440 g/mol. The number of halogens is 2. The van der Waals surface area contributed by atoms with E-state index in [0.29, 0.717) is 23.0 Å². The smallest absolute Gasteiger partial charge is 0.338 e. The fraction of sp³-hybridized carbons (Fsp3) is 0.455. The SMILES string of the molecule is Cn1nc2cc(N3C[C@H]4C[C@H]4c4cc(C(=O)N5CCC(F)(F)CC5)cnc43)ccn2c1=O. The van der Waals surface area contributed by atoms with Crippen molar-refractivity contribution in [3.63, 3.8) is 0 Å². The Balaban J connectivity index is 1.33. The second-order valence-corrected chi connectivity index (χ2v) is 9.02. The number of aryl methyl sites for hydroxylation is 1. The molecule has 2 aliphatic heterocycles. The second-order valence-electron chi connectivity index (χ2n) is 9.02. The Morgan fingerprint density at radius 1 is 1.22 bits per heavy atom. The molecule has 3 aromatic rings. The number of carbonyl (C=O) groups excluding carboxylic acids is 1. The zero-order valence-electron chi connectivity index (χ0n) is 17.5. The van der Waals surface area contributed by atoms with Gasteiger partial charge in [-0.3, -0.25) is 9.20 Å². The first kappa shape index (κ1) is 19.4. The number of nitrogens with zero attached hydrogens (tertiary/aromatic N) is 6. The molecule has 1 amide bonds. The fourth-order valence-corrected chi connectivity index (χ4v) is 4.92. The molecule has 0 spiro atoms. The van der Waals surface area contributed by atoms with Crippen LogP contribution in [0.25, 0.3) is 5.65 Å². The molecule has 166 valence electrons. The highest BCUT2D eigenvalue weighted by atomic mass is 19.3. The summed E-state index contributed by atoms with van der Waals surface area (Å²) in [6.45, 7) is 0.932. The van der Waals surface area contributed by atoms with Crippen molar-refractivity contribution >= 4 is 23.1 Å². The summed E-state index contributed by atoms with van der Waals surface area (Å²) >= 11 is 0. The zero-order chi connectivity index (χ0) is 22.2. The quantitative estimate of drug-likeness (QED) is 0.612. The number of aromatic nitrogens is 4. The molecule has 0 bridgehead atoms. The summed E-state index contributed by atoms with van der Waals surface area (Å²) in [5.41, 5.74) is 2.72. The number of fused-ring (bicyclic) bond motifs is 4. The van der Waals surface area contributed by atoms with Gasteiger partial charge in [-0.2, -0.15) is 5.10 Å². The molecule has 0 radical (unpaired) electrons. The van der Waals surface area contributed by atoms with E-state index in [2.05, 4.69) is 15.0 Å². The average molecular weight is 440 g/mol. The van der Waals surface area contributed by atoms with Crippen molar-refractivity contribution < 1.29 is 13.6 Å². The van der Waals surface area contributed by atoms with Crippen molar-refractivity contribution in [2.75, 3.05) is 24.5 Å². The molecule has 2 fully saturated rings. The Bertz CT molecular complexity index is 1310. The lowest BCUT2D eigenvalue weighted by molar-refractivity contribution is -0.0494. The van der Waals surface area contributed by atoms with Gasteiger partial charge in [0.1, 0.15) is 5.82 Å². The average Bonchev–Trinajstić information content (AvgIpc) is 3.51. The van der Waals surface area contributed by atoms with Crippen molar-refractivity contribution in [1.82, 2.24) is 24.1 Å². The van der Waals surface area contributed by atoms with Crippen LogP contribution in [-0.2, 0) is 7.05 Å². The van der Waals surface area contributed by atoms with Gasteiger partial charge in [-0.1, -0.05) is 0 Å². The predicted molar refractivity (Wildman–Crippen MR) is 113 cm³/mol. The van der Waals surface area contributed by atoms with Gasteiger partial charge in [0, 0.05) is 63.7 Å². The molecule has 10 heteroatoms. The molecule has 5 heterocycles. The number of amides is 1. The Hall–Kier alpha value is -3.30. The lowest BCUT2D eigenvalue weighted by atomic mass is 10.0. The molecular weight excluding hydrogens is 418 g/mol. The molecule has 1 aliphatic carbocycles. The van der Waals surface area contributed by atoms with Crippen LogP contribution in [0, 0.1) is 5.92 Å². The van der Waals surface area contributed by atoms with Crippen molar-refractivity contribution in [3.05, 3.63) is 52.2 Å². The number of piperidine rings is 1. The van der Waals surface area contributed by atoms with Gasteiger partial charge in [0.25, 0.3) is 11.8 Å². The third kappa shape index (κ3) is 3.00. The largest absolute Gasteiger partial charge is 0.350 e. The van der Waals surface area contributed by atoms with Crippen molar-refractivity contribution in [2.24, 2.45) is 13.0 Å². The van der Waals surface area contributed by atoms with Crippen LogP contribution in [0.1, 0.15) is 41.1 Å². The number of rotatable bonds is 2. The molecule has 6 rings (SSSR count). The van der Waals surface area contributed by atoms with Gasteiger partial charge in [0.05, 0.1) is 5.56 Å². The molecule has 3 aliphatic rings. The number of hydrogen-bond acceptors (Lipinski definition) is 5. The summed E-state index contributed by atoms with van der Waals surface area (Å²) < 4.78 is 29.7. The summed E-state index contributed by atoms with van der Waals surface area (Å²) in [6.07, 6.45) is 3.70. The molecule has 3 aromatic heterocycles. The van der Waals surface area contributed by atoms with E-state index >= 15 is 0 Å². The normalized spacial score (nSPS) is 23.7. The molecule has 32 heavy (non-hydrogen) atoms. The predicted octanol–water partition coefficient (Wildman–Crippen LogP) is 2.55. The van der Waals surface area contributed by atoms with Gasteiger partial charge in [-0.15, -0.1) is 0 Å². The van der Waals surface area contributed by atoms with Gasteiger partial charge in [0.15, 0.2) is 5.65 Å². The van der Waals surface area contributed by atoms with Crippen molar-refractivity contribution in [1.29, 1.82) is 0 Å². The summed E-state index contributed by atoms with van der Waals surface area (Å²) in [4.78, 5) is 33.3. The van der Waals surface area contributed by atoms with E-state index in [4.69, 9.17) is 0 Å². The van der Waals surface area contributed by atoms with Gasteiger partial charge in [0.2, 0.25) is 0 Å². The maximum absolute atomic E-state index is 13.5. The number of hydrogen-bond donors (Lipinski definition) is 0. The van der Waals surface area contributed by atoms with Crippen LogP contribution < -0.4 is 10.6 Å². The van der Waals surface area contributed by atoms with Crippen LogP contribution in [0.15, 0.2) is 35.4 Å². The summed E-state index contributed by atoms with van der Waals surface area (Å²) in [7, 11) is 1.61. The third-order valence-corrected chi connectivity index (χ3v) is 6.88.